The first-order valence-corrected chi connectivity index (χ1v) is 8.00. The summed E-state index contributed by atoms with van der Waals surface area (Å²) in [6.07, 6.45) is 0.794. The van der Waals surface area contributed by atoms with Gasteiger partial charge in [-0.2, -0.15) is 0 Å². The Morgan fingerprint density at radius 3 is 2.70 bits per heavy atom. The Morgan fingerprint density at radius 2 is 2.09 bits per heavy atom. The number of carbonyl (C=O) groups is 1. The fraction of sp³-hybridized carbons (Fsp3) is 0.400. The lowest BCUT2D eigenvalue weighted by Gasteiger charge is -2.17. The van der Waals surface area contributed by atoms with Gasteiger partial charge in [-0.1, -0.05) is 18.3 Å². The summed E-state index contributed by atoms with van der Waals surface area (Å²) in [6.45, 7) is 3.75. The first-order chi connectivity index (χ1) is 11.1. The summed E-state index contributed by atoms with van der Waals surface area (Å²) < 4.78 is 10.5. The first-order valence-electron chi connectivity index (χ1n) is 7.19. The largest absolute Gasteiger partial charge is 0.497 e. The van der Waals surface area contributed by atoms with Gasteiger partial charge in [0.05, 0.1) is 19.9 Å². The maximum atomic E-state index is 12.3. The van der Waals surface area contributed by atoms with Gasteiger partial charge in [-0.15, -0.1) is 10.2 Å². The molecule has 0 aliphatic carbocycles. The SMILES string of the molecule is CCc1nnc(NC(=O)[C@@H](C)Nc2cc(OC)ccc2OC)s1. The molecule has 23 heavy (non-hydrogen) atoms. The second kappa shape index (κ2) is 7.77. The Kier molecular flexibility index (Phi) is 5.75. The van der Waals surface area contributed by atoms with Crippen molar-refractivity contribution in [2.75, 3.05) is 24.9 Å². The quantitative estimate of drug-likeness (QED) is 0.808. The van der Waals surface area contributed by atoms with E-state index in [0.29, 0.717) is 22.3 Å². The third kappa shape index (κ3) is 4.32. The lowest BCUT2D eigenvalue weighted by molar-refractivity contribution is -0.116. The number of methoxy groups -OCH3 is 2. The fourth-order valence-electron chi connectivity index (χ4n) is 1.89. The van der Waals surface area contributed by atoms with Crippen molar-refractivity contribution in [2.24, 2.45) is 0 Å². The van der Waals surface area contributed by atoms with Crippen molar-refractivity contribution < 1.29 is 14.3 Å². The lowest BCUT2D eigenvalue weighted by atomic mass is 10.2. The number of amides is 1. The van der Waals surface area contributed by atoms with Gasteiger partial charge in [-0.3, -0.25) is 10.1 Å². The molecule has 124 valence electrons. The van der Waals surface area contributed by atoms with Crippen LogP contribution in [0.1, 0.15) is 18.9 Å². The second-order valence-corrected chi connectivity index (χ2v) is 5.84. The van der Waals surface area contributed by atoms with Crippen molar-refractivity contribution in [1.29, 1.82) is 0 Å². The molecular formula is C15H20N4O3S. The zero-order valence-corrected chi connectivity index (χ0v) is 14.4. The third-order valence-corrected chi connectivity index (χ3v) is 4.15. The standard InChI is InChI=1S/C15H20N4O3S/c1-5-13-18-19-15(23-13)17-14(20)9(2)16-11-8-10(21-3)6-7-12(11)22-4/h6-9,16H,5H2,1-4H3,(H,17,19,20)/t9-/m1/s1. The van der Waals surface area contributed by atoms with Gasteiger partial charge >= 0.3 is 0 Å². The van der Waals surface area contributed by atoms with Crippen LogP contribution < -0.4 is 20.1 Å². The first kappa shape index (κ1) is 17.0. The molecule has 1 aromatic heterocycles. The third-order valence-electron chi connectivity index (χ3n) is 3.17. The molecule has 0 spiro atoms. The molecule has 0 saturated heterocycles. The van der Waals surface area contributed by atoms with Gasteiger partial charge in [0.15, 0.2) is 0 Å². The number of hydrogen-bond acceptors (Lipinski definition) is 7. The highest BCUT2D eigenvalue weighted by molar-refractivity contribution is 7.15. The van der Waals surface area contributed by atoms with Crippen LogP contribution in [-0.2, 0) is 11.2 Å². The summed E-state index contributed by atoms with van der Waals surface area (Å²) in [4.78, 5) is 12.3. The molecule has 1 amide bonds. The molecular weight excluding hydrogens is 316 g/mol. The number of hydrogen-bond donors (Lipinski definition) is 2. The molecule has 8 heteroatoms. The van der Waals surface area contributed by atoms with Crippen LogP contribution in [0, 0.1) is 0 Å². The van der Waals surface area contributed by atoms with Gasteiger partial charge in [0.1, 0.15) is 22.5 Å². The molecule has 1 heterocycles. The van der Waals surface area contributed by atoms with Crippen molar-refractivity contribution in [2.45, 2.75) is 26.3 Å². The Bertz CT molecular complexity index is 674. The second-order valence-electron chi connectivity index (χ2n) is 4.78. The minimum atomic E-state index is -0.481. The topological polar surface area (TPSA) is 85.4 Å². The number of ether oxygens (including phenoxy) is 2. The number of benzene rings is 1. The number of anilines is 2. The molecule has 0 fully saturated rings. The number of aryl methyl sites for hydroxylation is 1. The number of nitrogens with one attached hydrogen (secondary N) is 2. The van der Waals surface area contributed by atoms with Crippen LogP contribution in [-0.4, -0.2) is 36.4 Å². The highest BCUT2D eigenvalue weighted by atomic mass is 32.1. The summed E-state index contributed by atoms with van der Waals surface area (Å²) in [5.74, 6) is 1.11. The maximum absolute atomic E-state index is 12.3. The summed E-state index contributed by atoms with van der Waals surface area (Å²) in [6, 6.07) is 4.87. The Hall–Kier alpha value is -2.35. The zero-order valence-electron chi connectivity index (χ0n) is 13.5. The minimum absolute atomic E-state index is 0.200. The van der Waals surface area contributed by atoms with Crippen LogP contribution >= 0.6 is 11.3 Å². The van der Waals surface area contributed by atoms with Gasteiger partial charge in [0.2, 0.25) is 11.0 Å². The molecule has 0 aliphatic rings. The van der Waals surface area contributed by atoms with E-state index >= 15 is 0 Å². The Labute approximate surface area is 139 Å². The van der Waals surface area contributed by atoms with Crippen LogP contribution in [0.25, 0.3) is 0 Å². The number of rotatable bonds is 7. The molecule has 1 atom stereocenters. The van der Waals surface area contributed by atoms with Crippen molar-refractivity contribution >= 4 is 28.1 Å². The predicted molar refractivity (Wildman–Crippen MR) is 90.5 cm³/mol. The van der Waals surface area contributed by atoms with E-state index in [1.807, 2.05) is 6.92 Å². The van der Waals surface area contributed by atoms with E-state index in [9.17, 15) is 4.79 Å². The highest BCUT2D eigenvalue weighted by Gasteiger charge is 2.17. The fourth-order valence-corrected chi connectivity index (χ4v) is 2.57. The number of aromatic nitrogens is 2. The van der Waals surface area contributed by atoms with Crippen molar-refractivity contribution in [3.05, 3.63) is 23.2 Å². The van der Waals surface area contributed by atoms with Crippen LogP contribution in [0.4, 0.5) is 10.8 Å². The number of nitrogens with zero attached hydrogens (tertiary/aromatic N) is 2. The molecule has 2 rings (SSSR count). The normalized spacial score (nSPS) is 11.7. The molecule has 0 radical (unpaired) electrons. The average molecular weight is 336 g/mol. The van der Waals surface area contributed by atoms with E-state index in [4.69, 9.17) is 9.47 Å². The molecule has 2 N–H and O–H groups in total. The van der Waals surface area contributed by atoms with Crippen LogP contribution in [0.5, 0.6) is 11.5 Å². The lowest BCUT2D eigenvalue weighted by Crippen LogP contribution is -2.32. The van der Waals surface area contributed by atoms with Crippen molar-refractivity contribution in [3.63, 3.8) is 0 Å². The van der Waals surface area contributed by atoms with E-state index in [1.165, 1.54) is 11.3 Å². The van der Waals surface area contributed by atoms with E-state index in [0.717, 1.165) is 11.4 Å². The summed E-state index contributed by atoms with van der Waals surface area (Å²) in [7, 11) is 3.16. The zero-order chi connectivity index (χ0) is 16.8. The number of carbonyl (C=O) groups excluding carboxylic acids is 1. The molecule has 0 aliphatic heterocycles. The molecule has 0 saturated carbocycles. The molecule has 0 bridgehead atoms. The van der Waals surface area contributed by atoms with Crippen LogP contribution in [0.15, 0.2) is 18.2 Å². The molecule has 2 aromatic rings. The summed E-state index contributed by atoms with van der Waals surface area (Å²) in [5.41, 5.74) is 0.681. The smallest absolute Gasteiger partial charge is 0.248 e. The van der Waals surface area contributed by atoms with Gasteiger partial charge < -0.3 is 14.8 Å². The summed E-state index contributed by atoms with van der Waals surface area (Å²) >= 11 is 1.37. The van der Waals surface area contributed by atoms with Gasteiger partial charge in [-0.05, 0) is 25.5 Å². The monoisotopic (exact) mass is 336 g/mol. The maximum Gasteiger partial charge on any atom is 0.248 e. The highest BCUT2D eigenvalue weighted by Crippen LogP contribution is 2.29. The molecule has 1 aromatic carbocycles. The minimum Gasteiger partial charge on any atom is -0.497 e. The van der Waals surface area contributed by atoms with Gasteiger partial charge in [-0.25, -0.2) is 0 Å². The summed E-state index contributed by atoms with van der Waals surface area (Å²) in [5, 5.41) is 15.2. The van der Waals surface area contributed by atoms with Gasteiger partial charge in [0, 0.05) is 6.07 Å². The average Bonchev–Trinajstić information content (AvgIpc) is 3.02. The van der Waals surface area contributed by atoms with Crippen LogP contribution in [0.2, 0.25) is 0 Å². The van der Waals surface area contributed by atoms with E-state index in [-0.39, 0.29) is 5.91 Å². The van der Waals surface area contributed by atoms with E-state index in [1.54, 1.807) is 39.3 Å². The molecule has 0 unspecified atom stereocenters. The molecule has 7 nitrogen and oxygen atoms in total. The Morgan fingerprint density at radius 1 is 1.30 bits per heavy atom. The van der Waals surface area contributed by atoms with Crippen molar-refractivity contribution in [3.8, 4) is 11.5 Å². The van der Waals surface area contributed by atoms with E-state index < -0.39 is 6.04 Å². The van der Waals surface area contributed by atoms with E-state index in [2.05, 4.69) is 20.8 Å². The Balaban J connectivity index is 2.05. The van der Waals surface area contributed by atoms with Crippen LogP contribution in [0.3, 0.4) is 0 Å². The van der Waals surface area contributed by atoms with Gasteiger partial charge in [0.25, 0.3) is 0 Å². The van der Waals surface area contributed by atoms with Crippen molar-refractivity contribution in [1.82, 2.24) is 10.2 Å². The predicted octanol–water partition coefficient (Wildman–Crippen LogP) is 2.56.